The number of benzene rings is 1. The molecule has 0 aliphatic carbocycles. The van der Waals surface area contributed by atoms with E-state index >= 15 is 0 Å². The Morgan fingerprint density at radius 2 is 1.85 bits per heavy atom. The molecule has 1 saturated heterocycles. The van der Waals surface area contributed by atoms with Crippen LogP contribution in [-0.2, 0) is 14.4 Å². The van der Waals surface area contributed by atoms with E-state index in [1.807, 2.05) is 0 Å². The molecule has 1 aliphatic heterocycles. The van der Waals surface area contributed by atoms with E-state index in [1.54, 1.807) is 37.3 Å². The van der Waals surface area contributed by atoms with E-state index < -0.39 is 23.8 Å². The first-order valence-electron chi connectivity index (χ1n) is 6.44. The van der Waals surface area contributed by atoms with Crippen molar-refractivity contribution in [2.45, 2.75) is 13.0 Å². The fourth-order valence-corrected chi connectivity index (χ4v) is 2.33. The van der Waals surface area contributed by atoms with Crippen LogP contribution in [0.1, 0.15) is 18.5 Å². The largest absolute Gasteiger partial charge is 0.479 e. The first-order chi connectivity index (χ1) is 9.56. The zero-order chi connectivity index (χ0) is 14.7. The molecule has 1 aromatic carbocycles. The van der Waals surface area contributed by atoms with Gasteiger partial charge in [-0.3, -0.25) is 9.59 Å². The highest BCUT2D eigenvalue weighted by atomic mass is 16.4. The number of rotatable bonds is 4. The molecule has 0 radical (unpaired) electrons. The van der Waals surface area contributed by atoms with Crippen molar-refractivity contribution >= 4 is 17.8 Å². The van der Waals surface area contributed by atoms with E-state index in [1.165, 1.54) is 4.90 Å². The van der Waals surface area contributed by atoms with Gasteiger partial charge in [0.15, 0.2) is 6.04 Å². The van der Waals surface area contributed by atoms with E-state index in [0.717, 1.165) is 4.90 Å². The Labute approximate surface area is 116 Å². The van der Waals surface area contributed by atoms with Crippen LogP contribution in [0.3, 0.4) is 0 Å². The molecule has 1 N–H and O–H groups in total. The van der Waals surface area contributed by atoms with Crippen molar-refractivity contribution in [3.8, 4) is 0 Å². The van der Waals surface area contributed by atoms with Crippen LogP contribution in [0.25, 0.3) is 0 Å². The molecule has 1 fully saturated rings. The van der Waals surface area contributed by atoms with Crippen molar-refractivity contribution in [1.29, 1.82) is 0 Å². The molecule has 0 bridgehead atoms. The summed E-state index contributed by atoms with van der Waals surface area (Å²) < 4.78 is 0. The second-order valence-corrected chi connectivity index (χ2v) is 4.53. The van der Waals surface area contributed by atoms with E-state index in [2.05, 4.69) is 0 Å². The number of hydrogen-bond donors (Lipinski definition) is 1. The number of carbonyl (C=O) groups is 3. The van der Waals surface area contributed by atoms with Crippen LogP contribution in [0.2, 0.25) is 0 Å². The Balaban J connectivity index is 2.30. The average molecular weight is 276 g/mol. The van der Waals surface area contributed by atoms with E-state index in [4.69, 9.17) is 0 Å². The summed E-state index contributed by atoms with van der Waals surface area (Å²) in [6.45, 7) is 2.82. The number of carboxylic acids is 1. The zero-order valence-electron chi connectivity index (χ0n) is 11.2. The molecule has 1 unspecified atom stereocenters. The number of carbonyl (C=O) groups excluding carboxylic acids is 2. The Morgan fingerprint density at radius 1 is 1.20 bits per heavy atom. The first-order valence-corrected chi connectivity index (χ1v) is 6.44. The molecule has 6 heteroatoms. The Hall–Kier alpha value is -2.37. The Morgan fingerprint density at radius 3 is 2.40 bits per heavy atom. The van der Waals surface area contributed by atoms with Gasteiger partial charge in [0.25, 0.3) is 0 Å². The van der Waals surface area contributed by atoms with Gasteiger partial charge in [-0.1, -0.05) is 30.3 Å². The third-order valence-corrected chi connectivity index (χ3v) is 3.38. The minimum Gasteiger partial charge on any atom is -0.479 e. The molecule has 0 saturated carbocycles. The van der Waals surface area contributed by atoms with Crippen molar-refractivity contribution in [3.05, 3.63) is 35.9 Å². The highest BCUT2D eigenvalue weighted by molar-refractivity contribution is 6.35. The van der Waals surface area contributed by atoms with E-state index in [-0.39, 0.29) is 6.54 Å². The number of aliphatic carboxylic acids is 1. The van der Waals surface area contributed by atoms with Gasteiger partial charge < -0.3 is 14.9 Å². The van der Waals surface area contributed by atoms with Gasteiger partial charge in [0.1, 0.15) is 0 Å². The standard InChI is InChI=1S/C14H16N2O4/c1-2-15-8-9-16(13(18)12(15)17)11(14(19)20)10-6-4-3-5-7-10/h3-7,11H,2,8-9H2,1H3,(H,19,20). The lowest BCUT2D eigenvalue weighted by Gasteiger charge is -2.36. The molecule has 106 valence electrons. The van der Waals surface area contributed by atoms with Gasteiger partial charge in [-0.05, 0) is 12.5 Å². The van der Waals surface area contributed by atoms with Crippen LogP contribution in [0.5, 0.6) is 0 Å². The molecule has 20 heavy (non-hydrogen) atoms. The maximum absolute atomic E-state index is 12.1. The van der Waals surface area contributed by atoms with E-state index in [0.29, 0.717) is 18.7 Å². The SMILES string of the molecule is CCN1CCN(C(C(=O)O)c2ccccc2)C(=O)C1=O. The quantitative estimate of drug-likeness (QED) is 0.812. The van der Waals surface area contributed by atoms with Crippen molar-refractivity contribution in [1.82, 2.24) is 9.80 Å². The maximum atomic E-state index is 12.1. The topological polar surface area (TPSA) is 77.9 Å². The normalized spacial score (nSPS) is 17.2. The van der Waals surface area contributed by atoms with Gasteiger partial charge in [-0.25, -0.2) is 4.79 Å². The van der Waals surface area contributed by atoms with Crippen LogP contribution >= 0.6 is 0 Å². The van der Waals surface area contributed by atoms with Gasteiger partial charge in [0.05, 0.1) is 0 Å². The third-order valence-electron chi connectivity index (χ3n) is 3.38. The lowest BCUT2D eigenvalue weighted by Crippen LogP contribution is -2.56. The summed E-state index contributed by atoms with van der Waals surface area (Å²) in [6.07, 6.45) is 0. The van der Waals surface area contributed by atoms with Crippen LogP contribution in [0.15, 0.2) is 30.3 Å². The van der Waals surface area contributed by atoms with Crippen molar-refractivity contribution in [2.75, 3.05) is 19.6 Å². The van der Waals surface area contributed by atoms with Gasteiger partial charge in [-0.2, -0.15) is 0 Å². The van der Waals surface area contributed by atoms with Crippen molar-refractivity contribution in [2.24, 2.45) is 0 Å². The van der Waals surface area contributed by atoms with Gasteiger partial charge in [0, 0.05) is 19.6 Å². The molecule has 0 aromatic heterocycles. The van der Waals surface area contributed by atoms with Crippen LogP contribution in [-0.4, -0.2) is 52.3 Å². The summed E-state index contributed by atoms with van der Waals surface area (Å²) in [7, 11) is 0. The minimum atomic E-state index is -1.14. The maximum Gasteiger partial charge on any atom is 0.331 e. The summed E-state index contributed by atoms with van der Waals surface area (Å²) >= 11 is 0. The fraction of sp³-hybridized carbons (Fsp3) is 0.357. The molecule has 1 heterocycles. The summed E-state index contributed by atoms with van der Waals surface area (Å²) in [5.41, 5.74) is 0.492. The molecule has 1 aromatic rings. The van der Waals surface area contributed by atoms with Crippen molar-refractivity contribution < 1.29 is 19.5 Å². The Bertz CT molecular complexity index is 529. The molecule has 2 rings (SSSR count). The number of likely N-dealkylation sites (N-methyl/N-ethyl adjacent to an activating group) is 1. The van der Waals surface area contributed by atoms with Crippen LogP contribution in [0.4, 0.5) is 0 Å². The number of carboxylic acid groups (broad SMARTS) is 1. The smallest absolute Gasteiger partial charge is 0.331 e. The third kappa shape index (κ3) is 2.49. The summed E-state index contributed by atoms with van der Waals surface area (Å²) in [6, 6.07) is 7.35. The van der Waals surface area contributed by atoms with Gasteiger partial charge in [0.2, 0.25) is 0 Å². The second-order valence-electron chi connectivity index (χ2n) is 4.53. The lowest BCUT2D eigenvalue weighted by molar-refractivity contribution is -0.162. The molecular weight excluding hydrogens is 260 g/mol. The van der Waals surface area contributed by atoms with Crippen molar-refractivity contribution in [3.63, 3.8) is 0 Å². The summed E-state index contributed by atoms with van der Waals surface area (Å²) in [5, 5.41) is 9.39. The lowest BCUT2D eigenvalue weighted by atomic mass is 10.0. The first kappa shape index (κ1) is 14.0. The molecular formula is C14H16N2O4. The van der Waals surface area contributed by atoms with Gasteiger partial charge in [-0.15, -0.1) is 0 Å². The van der Waals surface area contributed by atoms with Crippen LogP contribution < -0.4 is 0 Å². The second kappa shape index (κ2) is 5.73. The van der Waals surface area contributed by atoms with Crippen LogP contribution in [0, 0.1) is 0 Å². The molecule has 1 aliphatic rings. The van der Waals surface area contributed by atoms with E-state index in [9.17, 15) is 19.5 Å². The minimum absolute atomic E-state index is 0.226. The number of amides is 2. The highest BCUT2D eigenvalue weighted by Crippen LogP contribution is 2.23. The van der Waals surface area contributed by atoms with Gasteiger partial charge >= 0.3 is 17.8 Å². The Kier molecular flexibility index (Phi) is 4.02. The predicted molar refractivity (Wildman–Crippen MR) is 70.8 cm³/mol. The number of piperazine rings is 1. The number of hydrogen-bond acceptors (Lipinski definition) is 3. The zero-order valence-corrected chi connectivity index (χ0v) is 11.2. The number of nitrogens with zero attached hydrogens (tertiary/aromatic N) is 2. The summed E-state index contributed by atoms with van der Waals surface area (Å²) in [4.78, 5) is 38.0. The molecule has 2 amide bonds. The predicted octanol–water partition coefficient (Wildman–Crippen LogP) is 0.503. The monoisotopic (exact) mass is 276 g/mol. The molecule has 6 nitrogen and oxygen atoms in total. The average Bonchev–Trinajstić information content (AvgIpc) is 2.45. The molecule has 0 spiro atoms. The highest BCUT2D eigenvalue weighted by Gasteiger charge is 2.39. The molecule has 1 atom stereocenters. The summed E-state index contributed by atoms with van der Waals surface area (Å²) in [5.74, 6) is -2.53. The fourth-order valence-electron chi connectivity index (χ4n) is 2.33.